The minimum Gasteiger partial charge on any atom is -0.391 e. The first-order valence-electron chi connectivity index (χ1n) is 8.09. The van der Waals surface area contributed by atoms with Crippen molar-refractivity contribution in [2.24, 2.45) is 0 Å². The largest absolute Gasteiger partial charge is 0.391 e. The molecule has 1 aromatic carbocycles. The number of amidine groups is 1. The molecule has 2 heterocycles. The normalized spacial score (nSPS) is 12.1. The zero-order valence-electron chi connectivity index (χ0n) is 15.0. The lowest BCUT2D eigenvalue weighted by Crippen LogP contribution is -2.37. The number of aromatic nitrogens is 2. The van der Waals surface area contributed by atoms with Gasteiger partial charge in [0.05, 0.1) is 6.04 Å². The monoisotopic (exact) mass is 390 g/mol. The van der Waals surface area contributed by atoms with Crippen LogP contribution in [-0.2, 0) is 21.0 Å². The molecule has 0 fully saturated rings. The molecule has 0 saturated heterocycles. The van der Waals surface area contributed by atoms with E-state index in [0.717, 1.165) is 20.0 Å². The number of hydroxylamine groups is 2. The Balaban J connectivity index is 1.86. The van der Waals surface area contributed by atoms with Crippen LogP contribution < -0.4 is 4.90 Å². The van der Waals surface area contributed by atoms with E-state index in [9.17, 15) is 10.0 Å². The van der Waals surface area contributed by atoms with Gasteiger partial charge in [0, 0.05) is 28.6 Å². The molecule has 0 bridgehead atoms. The molecule has 9 nitrogen and oxygen atoms in total. The zero-order chi connectivity index (χ0) is 19.6. The third-order valence-corrected chi connectivity index (χ3v) is 5.17. The van der Waals surface area contributed by atoms with E-state index in [1.165, 1.54) is 6.92 Å². The number of carbonyl (C=O) groups excluding carboxylic acids is 1. The number of thiophene rings is 1. The summed E-state index contributed by atoms with van der Waals surface area (Å²) in [5.74, 6) is -0.641. The highest BCUT2D eigenvalue weighted by Gasteiger charge is 2.26. The fourth-order valence-electron chi connectivity index (χ4n) is 2.47. The lowest BCUT2D eigenvalue weighted by atomic mass is 10.2. The summed E-state index contributed by atoms with van der Waals surface area (Å²) in [6.07, 6.45) is 0. The van der Waals surface area contributed by atoms with Crippen molar-refractivity contribution in [3.63, 3.8) is 0 Å². The van der Waals surface area contributed by atoms with Crippen LogP contribution in [0.1, 0.15) is 36.2 Å². The first kappa shape index (κ1) is 18.8. The minimum absolute atomic E-state index is 0.166. The van der Waals surface area contributed by atoms with Crippen LogP contribution in [0, 0.1) is 17.5 Å². The van der Waals surface area contributed by atoms with E-state index in [2.05, 4.69) is 9.79 Å². The van der Waals surface area contributed by atoms with E-state index in [1.54, 1.807) is 18.3 Å². The number of ether oxygens (including phenoxy) is 1. The Morgan fingerprint density at radius 2 is 2.22 bits per heavy atom. The molecule has 27 heavy (non-hydrogen) atoms. The van der Waals surface area contributed by atoms with Crippen molar-refractivity contribution in [1.29, 1.82) is 5.41 Å². The molecule has 10 heteroatoms. The van der Waals surface area contributed by atoms with Gasteiger partial charge in [-0.2, -0.15) is 5.06 Å². The molecular formula is C17H18N4O5S. The van der Waals surface area contributed by atoms with Crippen molar-refractivity contribution in [1.82, 2.24) is 10.2 Å². The summed E-state index contributed by atoms with van der Waals surface area (Å²) >= 11 is 1.54. The second-order valence-electron chi connectivity index (χ2n) is 5.82. The Bertz CT molecular complexity index is 930. The van der Waals surface area contributed by atoms with Gasteiger partial charge in [0.15, 0.2) is 0 Å². The number of nitrogens with one attached hydrogen (secondary N) is 1. The quantitative estimate of drug-likeness (QED) is 0.234. The maximum absolute atomic E-state index is 11.6. The van der Waals surface area contributed by atoms with Crippen LogP contribution in [0.3, 0.4) is 0 Å². The summed E-state index contributed by atoms with van der Waals surface area (Å²) in [5, 5.41) is 25.5. The Morgan fingerprint density at radius 1 is 1.48 bits per heavy atom. The van der Waals surface area contributed by atoms with Gasteiger partial charge in [-0.05, 0) is 29.3 Å². The average molecular weight is 390 g/mol. The second-order valence-corrected chi connectivity index (χ2v) is 6.94. The van der Waals surface area contributed by atoms with E-state index in [1.807, 2.05) is 37.3 Å². The van der Waals surface area contributed by atoms with Crippen LogP contribution in [0.25, 0.3) is 10.1 Å². The molecule has 0 amide bonds. The van der Waals surface area contributed by atoms with E-state index in [-0.39, 0.29) is 17.2 Å². The van der Waals surface area contributed by atoms with Gasteiger partial charge in [-0.25, -0.2) is 5.41 Å². The van der Waals surface area contributed by atoms with Crippen LogP contribution in [0.4, 0.5) is 0 Å². The molecule has 3 aromatic rings. The fraction of sp³-hybridized carbons (Fsp3) is 0.294. The number of aryl methyl sites for hydroxylation is 1. The number of carbonyl (C=O) groups is 1. The molecule has 0 spiro atoms. The topological polar surface area (TPSA) is 116 Å². The Morgan fingerprint density at radius 3 is 2.85 bits per heavy atom. The standard InChI is InChI=1S/C17H18N4O5S/c1-10-14(21(23)26-19-10)9-24-20(17(18)25-12(3)22)11(2)16-8-13-6-4-5-7-15(13)27-16/h4-8,11,18H,9H2,1-3H3. The highest BCUT2D eigenvalue weighted by Crippen LogP contribution is 2.33. The van der Waals surface area contributed by atoms with Crippen LogP contribution in [0.2, 0.25) is 0 Å². The molecular weight excluding hydrogens is 372 g/mol. The lowest BCUT2D eigenvalue weighted by molar-refractivity contribution is -0.809. The predicted octanol–water partition coefficient (Wildman–Crippen LogP) is 2.82. The van der Waals surface area contributed by atoms with Crippen LogP contribution in [-0.4, -0.2) is 22.2 Å². The highest BCUT2D eigenvalue weighted by atomic mass is 32.1. The molecule has 0 saturated carbocycles. The first-order valence-corrected chi connectivity index (χ1v) is 8.91. The highest BCUT2D eigenvalue weighted by molar-refractivity contribution is 7.19. The van der Waals surface area contributed by atoms with Crippen molar-refractivity contribution >= 4 is 33.4 Å². The van der Waals surface area contributed by atoms with Crippen LogP contribution >= 0.6 is 11.3 Å². The summed E-state index contributed by atoms with van der Waals surface area (Å²) in [6.45, 7) is 4.42. The van der Waals surface area contributed by atoms with Gasteiger partial charge in [0.2, 0.25) is 11.4 Å². The smallest absolute Gasteiger partial charge is 0.317 e. The third kappa shape index (κ3) is 4.07. The molecule has 1 N–H and O–H groups in total. The first-order chi connectivity index (χ1) is 12.9. The van der Waals surface area contributed by atoms with Crippen molar-refractivity contribution < 1.29 is 23.9 Å². The number of esters is 1. The maximum Gasteiger partial charge on any atom is 0.317 e. The Hall–Kier alpha value is -2.98. The van der Waals surface area contributed by atoms with E-state index < -0.39 is 18.0 Å². The van der Waals surface area contributed by atoms with Gasteiger partial charge in [-0.1, -0.05) is 18.2 Å². The van der Waals surface area contributed by atoms with Gasteiger partial charge in [0.1, 0.15) is 6.61 Å². The second kappa shape index (κ2) is 7.72. The SMILES string of the molecule is CC(=O)OC(=N)N(OCc1c(C)no[n+]1[O-])C(C)c1cc2ccccc2s1. The molecule has 0 aliphatic rings. The molecule has 1 unspecified atom stereocenters. The van der Waals surface area contributed by atoms with Gasteiger partial charge < -0.3 is 9.94 Å². The lowest BCUT2D eigenvalue weighted by Gasteiger charge is -2.27. The molecule has 1 atom stereocenters. The minimum atomic E-state index is -0.641. The summed E-state index contributed by atoms with van der Waals surface area (Å²) in [7, 11) is 0. The van der Waals surface area contributed by atoms with Crippen molar-refractivity contribution in [3.8, 4) is 0 Å². The van der Waals surface area contributed by atoms with Gasteiger partial charge in [-0.15, -0.1) is 11.3 Å². The maximum atomic E-state index is 11.6. The Labute approximate surface area is 158 Å². The molecule has 0 aliphatic carbocycles. The van der Waals surface area contributed by atoms with Crippen molar-refractivity contribution in [3.05, 3.63) is 51.8 Å². The van der Waals surface area contributed by atoms with Gasteiger partial charge in [-0.3, -0.25) is 14.3 Å². The Kier molecular flexibility index (Phi) is 5.38. The van der Waals surface area contributed by atoms with E-state index >= 15 is 0 Å². The summed E-state index contributed by atoms with van der Waals surface area (Å²) in [5.41, 5.74) is 0.539. The van der Waals surface area contributed by atoms with E-state index in [4.69, 9.17) is 15.0 Å². The predicted molar refractivity (Wildman–Crippen MR) is 96.6 cm³/mol. The number of rotatable bonds is 5. The molecule has 0 radical (unpaired) electrons. The number of fused-ring (bicyclic) bond motifs is 1. The number of nitrogens with zero attached hydrogens (tertiary/aromatic N) is 3. The summed E-state index contributed by atoms with van der Waals surface area (Å²) in [6, 6.07) is 8.96. The number of hydrogen-bond acceptors (Lipinski definition) is 8. The van der Waals surface area contributed by atoms with Crippen LogP contribution in [0.15, 0.2) is 35.0 Å². The summed E-state index contributed by atoms with van der Waals surface area (Å²) < 4.78 is 10.5. The number of benzene rings is 1. The average Bonchev–Trinajstić information content (AvgIpc) is 3.18. The van der Waals surface area contributed by atoms with E-state index in [0.29, 0.717) is 5.69 Å². The molecule has 142 valence electrons. The van der Waals surface area contributed by atoms with Crippen molar-refractivity contribution in [2.75, 3.05) is 0 Å². The van der Waals surface area contributed by atoms with Crippen LogP contribution in [0.5, 0.6) is 0 Å². The fourth-order valence-corrected chi connectivity index (χ4v) is 3.57. The van der Waals surface area contributed by atoms with Gasteiger partial charge >= 0.3 is 12.0 Å². The third-order valence-electron chi connectivity index (χ3n) is 3.88. The molecule has 3 rings (SSSR count). The zero-order valence-corrected chi connectivity index (χ0v) is 15.8. The molecule has 2 aromatic heterocycles. The van der Waals surface area contributed by atoms with Crippen molar-refractivity contribution in [2.45, 2.75) is 33.4 Å². The molecule has 0 aliphatic heterocycles. The summed E-state index contributed by atoms with van der Waals surface area (Å²) in [4.78, 5) is 18.1. The number of hydrogen-bond donors (Lipinski definition) is 1. The van der Waals surface area contributed by atoms with Gasteiger partial charge in [0.25, 0.3) is 0 Å².